The van der Waals surface area contributed by atoms with Crippen LogP contribution in [0.4, 0.5) is 11.6 Å². The average molecular weight is 675 g/mol. The van der Waals surface area contributed by atoms with Gasteiger partial charge in [-0.05, 0) is 50.9 Å². The molecule has 0 saturated carbocycles. The molecule has 3 heterocycles. The van der Waals surface area contributed by atoms with Crippen molar-refractivity contribution in [1.82, 2.24) is 9.97 Å². The van der Waals surface area contributed by atoms with E-state index in [2.05, 4.69) is 144 Å². The van der Waals surface area contributed by atoms with Crippen LogP contribution in [0, 0.1) is 0 Å². The number of para-hydroxylation sites is 1. The number of benzene rings is 8. The topological polar surface area (TPSA) is 29.0 Å². The van der Waals surface area contributed by atoms with Crippen LogP contribution in [0.5, 0.6) is 0 Å². The van der Waals surface area contributed by atoms with Crippen LogP contribution in [0.15, 0.2) is 164 Å². The molecule has 0 aliphatic carbocycles. The molecule has 1 aliphatic heterocycles. The summed E-state index contributed by atoms with van der Waals surface area (Å²) in [6.07, 6.45) is 0. The quantitative estimate of drug-likeness (QED) is 0.175. The summed E-state index contributed by atoms with van der Waals surface area (Å²) >= 11 is 1.86. The lowest BCUT2D eigenvalue weighted by atomic mass is 9.45. The summed E-state index contributed by atoms with van der Waals surface area (Å²) in [4.78, 5) is 13.4. The van der Waals surface area contributed by atoms with Crippen LogP contribution < -0.4 is 21.2 Å². The van der Waals surface area contributed by atoms with E-state index in [0.29, 0.717) is 11.4 Å². The minimum Gasteiger partial charge on any atom is -0.345 e. The van der Waals surface area contributed by atoms with Gasteiger partial charge in [-0.2, -0.15) is 0 Å². The van der Waals surface area contributed by atoms with E-state index in [0.717, 1.165) is 27.8 Å². The molecule has 3 nitrogen and oxygen atoms in total. The van der Waals surface area contributed by atoms with Crippen molar-refractivity contribution in [2.75, 3.05) is 4.81 Å². The second-order valence-corrected chi connectivity index (χ2v) is 14.6. The van der Waals surface area contributed by atoms with Gasteiger partial charge in [-0.3, -0.25) is 0 Å². The second-order valence-electron chi connectivity index (χ2n) is 13.5. The smallest absolute Gasteiger partial charge is 0.332 e. The zero-order chi connectivity index (χ0) is 34.3. The third kappa shape index (κ3) is 4.28. The normalized spacial score (nSPS) is 12.6. The molecule has 0 amide bonds. The van der Waals surface area contributed by atoms with Gasteiger partial charge in [0.05, 0.1) is 11.2 Å². The van der Waals surface area contributed by atoms with Gasteiger partial charge in [0.25, 0.3) is 0 Å². The van der Waals surface area contributed by atoms with E-state index >= 15 is 0 Å². The molecule has 0 unspecified atom stereocenters. The number of hydrogen-bond donors (Lipinski definition) is 0. The Morgan fingerprint density at radius 1 is 0.558 bits per heavy atom. The van der Waals surface area contributed by atoms with E-state index in [1.165, 1.54) is 63.8 Å². The Morgan fingerprint density at radius 2 is 1.21 bits per heavy atom. The lowest BCUT2D eigenvalue weighted by Gasteiger charge is -2.39. The van der Waals surface area contributed by atoms with Gasteiger partial charge in [0.15, 0.2) is 0 Å². The van der Waals surface area contributed by atoms with E-state index in [1.54, 1.807) is 0 Å². The highest BCUT2D eigenvalue weighted by molar-refractivity contribution is 7.27. The Bertz CT molecular complexity index is 3070. The van der Waals surface area contributed by atoms with Gasteiger partial charge < -0.3 is 4.81 Å². The van der Waals surface area contributed by atoms with Crippen molar-refractivity contribution in [1.29, 1.82) is 0 Å². The Balaban J connectivity index is 1.37. The van der Waals surface area contributed by atoms with Gasteiger partial charge in [0.1, 0.15) is 7.85 Å². The van der Waals surface area contributed by atoms with Gasteiger partial charge in [0.2, 0.25) is 5.95 Å². The SMILES string of the molecule is [B]c1ccccc1-c1nc(N2B(c3ccccc3)c3cc4ccccc4cc3-c3c2c2c4ccccc4sc2c2ccccc32)nc2ccccc12. The summed E-state index contributed by atoms with van der Waals surface area (Å²) in [6.45, 7) is -0.224. The first-order valence-corrected chi connectivity index (χ1v) is 18.4. The third-order valence-electron chi connectivity index (χ3n) is 10.6. The van der Waals surface area contributed by atoms with Crippen molar-refractivity contribution < 1.29 is 0 Å². The van der Waals surface area contributed by atoms with Crippen LogP contribution in [0.1, 0.15) is 0 Å². The fourth-order valence-electron chi connectivity index (χ4n) is 8.37. The van der Waals surface area contributed by atoms with Crippen LogP contribution in [0.2, 0.25) is 0 Å². The maximum Gasteiger partial charge on any atom is 0.332 e. The van der Waals surface area contributed by atoms with Gasteiger partial charge in [-0.15, -0.1) is 11.3 Å². The summed E-state index contributed by atoms with van der Waals surface area (Å²) in [5, 5.41) is 8.33. The molecule has 238 valence electrons. The Morgan fingerprint density at radius 3 is 2.04 bits per heavy atom. The highest BCUT2D eigenvalue weighted by Crippen LogP contribution is 2.53. The van der Waals surface area contributed by atoms with E-state index in [4.69, 9.17) is 17.8 Å². The fraction of sp³-hybridized carbons (Fsp3) is 0. The molecule has 52 heavy (non-hydrogen) atoms. The number of anilines is 2. The van der Waals surface area contributed by atoms with E-state index in [-0.39, 0.29) is 6.85 Å². The maximum absolute atomic E-state index is 6.70. The summed E-state index contributed by atoms with van der Waals surface area (Å²) in [5.41, 5.74) is 9.24. The molecule has 0 spiro atoms. The van der Waals surface area contributed by atoms with Gasteiger partial charge in [-0.25, -0.2) is 9.97 Å². The molecule has 11 rings (SSSR count). The Hall–Kier alpha value is -6.23. The molecule has 0 N–H and O–H groups in total. The Kier molecular flexibility index (Phi) is 6.46. The Labute approximate surface area is 306 Å². The molecular formula is C46H27B2N3S. The first-order chi connectivity index (χ1) is 25.7. The monoisotopic (exact) mass is 675 g/mol. The van der Waals surface area contributed by atoms with Crippen LogP contribution >= 0.6 is 11.3 Å². The fourth-order valence-corrected chi connectivity index (χ4v) is 9.62. The largest absolute Gasteiger partial charge is 0.345 e. The van der Waals surface area contributed by atoms with Crippen molar-refractivity contribution in [2.24, 2.45) is 0 Å². The molecule has 0 fully saturated rings. The van der Waals surface area contributed by atoms with Crippen LogP contribution in [-0.4, -0.2) is 24.7 Å². The number of fused-ring (bicyclic) bond motifs is 12. The number of rotatable bonds is 3. The zero-order valence-corrected chi connectivity index (χ0v) is 28.8. The standard InChI is InChI=1S/C46H27B2N3S/c47-37-23-11-8-20-33(37)43-34-21-9-12-24-39(34)49-46(50-43)51-44-41(31-18-6-7-19-32(31)45-42(44)35-22-10-13-25-40(35)52-45)36-26-28-14-4-5-15-29(28)27-38(36)48(51)30-16-2-1-3-17-30/h1-27H. The van der Waals surface area contributed by atoms with Crippen molar-refractivity contribution in [3.8, 4) is 22.4 Å². The lowest BCUT2D eigenvalue weighted by molar-refractivity contribution is 1.16. The lowest BCUT2D eigenvalue weighted by Crippen LogP contribution is -2.58. The molecule has 0 bridgehead atoms. The average Bonchev–Trinajstić information content (AvgIpc) is 3.60. The predicted molar refractivity (Wildman–Crippen MR) is 224 cm³/mol. The first-order valence-electron chi connectivity index (χ1n) is 17.6. The highest BCUT2D eigenvalue weighted by atomic mass is 32.1. The number of aromatic nitrogens is 2. The molecule has 8 aromatic carbocycles. The summed E-state index contributed by atoms with van der Waals surface area (Å²) in [7, 11) is 6.70. The minimum absolute atomic E-state index is 0.224. The highest BCUT2D eigenvalue weighted by Gasteiger charge is 2.41. The van der Waals surface area contributed by atoms with E-state index < -0.39 is 0 Å². The third-order valence-corrected chi connectivity index (χ3v) is 11.8. The molecule has 2 radical (unpaired) electrons. The summed E-state index contributed by atoms with van der Waals surface area (Å²) in [6, 6.07) is 58.3. The van der Waals surface area contributed by atoms with Crippen molar-refractivity contribution in [3.63, 3.8) is 0 Å². The first kappa shape index (κ1) is 29.5. The molecule has 1 aliphatic rings. The molecule has 2 aromatic heterocycles. The predicted octanol–water partition coefficient (Wildman–Crippen LogP) is 9.69. The van der Waals surface area contributed by atoms with Gasteiger partial charge in [0, 0.05) is 42.2 Å². The second kappa shape index (κ2) is 11.4. The molecule has 6 heteroatoms. The van der Waals surface area contributed by atoms with Gasteiger partial charge in [-0.1, -0.05) is 157 Å². The minimum atomic E-state index is -0.224. The zero-order valence-electron chi connectivity index (χ0n) is 28.0. The van der Waals surface area contributed by atoms with E-state index in [9.17, 15) is 0 Å². The van der Waals surface area contributed by atoms with Crippen LogP contribution in [0.3, 0.4) is 0 Å². The number of nitrogens with zero attached hydrogens (tertiary/aromatic N) is 3. The van der Waals surface area contributed by atoms with Crippen LogP contribution in [0.25, 0.3) is 75.0 Å². The van der Waals surface area contributed by atoms with Crippen LogP contribution in [-0.2, 0) is 0 Å². The van der Waals surface area contributed by atoms with Gasteiger partial charge >= 0.3 is 6.85 Å². The maximum atomic E-state index is 6.70. The van der Waals surface area contributed by atoms with Crippen molar-refractivity contribution in [2.45, 2.75) is 0 Å². The van der Waals surface area contributed by atoms with Crippen molar-refractivity contribution in [3.05, 3.63) is 164 Å². The molecular weight excluding hydrogens is 648 g/mol. The molecule has 10 aromatic rings. The summed E-state index contributed by atoms with van der Waals surface area (Å²) < 4.78 is 2.53. The molecule has 0 atom stereocenters. The van der Waals surface area contributed by atoms with Crippen molar-refractivity contribution >= 4 is 107 Å². The number of hydrogen-bond acceptors (Lipinski definition) is 4. The molecule has 0 saturated heterocycles. The van der Waals surface area contributed by atoms with E-state index in [1.807, 2.05) is 35.6 Å². The number of thiophene rings is 1. The summed E-state index contributed by atoms with van der Waals surface area (Å²) in [5.74, 6) is 0.637.